The van der Waals surface area contributed by atoms with Crippen molar-refractivity contribution in [2.24, 2.45) is 11.7 Å². The molecule has 1 saturated heterocycles. The average molecular weight is 475 g/mol. The fraction of sp³-hybridized carbons (Fsp3) is 0.417. The van der Waals surface area contributed by atoms with Crippen LogP contribution in [-0.4, -0.2) is 40.9 Å². The fourth-order valence-electron chi connectivity index (χ4n) is 3.61. The van der Waals surface area contributed by atoms with Crippen molar-refractivity contribution in [3.8, 4) is 5.75 Å². The first-order chi connectivity index (χ1) is 16.1. The lowest BCUT2D eigenvalue weighted by Gasteiger charge is -2.33. The predicted octanol–water partition coefficient (Wildman–Crippen LogP) is 3.40. The SMILES string of the molecule is CC(=O)C1CC(Oc2cccc(F)c2F)C1.CC1CCC(C(=O)Nc2ccnc(C(N)=O)c2)O1. The smallest absolute Gasteiger partial charge is 0.267 e. The summed E-state index contributed by atoms with van der Waals surface area (Å²) in [5.74, 6) is -2.65. The van der Waals surface area contributed by atoms with E-state index in [2.05, 4.69) is 10.3 Å². The zero-order valence-electron chi connectivity index (χ0n) is 18.9. The van der Waals surface area contributed by atoms with Crippen LogP contribution in [-0.2, 0) is 14.3 Å². The van der Waals surface area contributed by atoms with Gasteiger partial charge in [0.1, 0.15) is 23.7 Å². The van der Waals surface area contributed by atoms with Crippen molar-refractivity contribution < 1.29 is 32.6 Å². The molecular formula is C24H27F2N3O5. The van der Waals surface area contributed by atoms with Crippen LogP contribution >= 0.6 is 0 Å². The number of hydrogen-bond donors (Lipinski definition) is 2. The number of rotatable bonds is 6. The molecule has 8 nitrogen and oxygen atoms in total. The minimum absolute atomic E-state index is 0.0154. The number of primary amides is 1. The van der Waals surface area contributed by atoms with Crippen molar-refractivity contribution in [2.45, 2.75) is 57.8 Å². The van der Waals surface area contributed by atoms with Gasteiger partial charge in [-0.2, -0.15) is 4.39 Å². The van der Waals surface area contributed by atoms with E-state index in [0.717, 1.165) is 12.5 Å². The third-order valence-electron chi connectivity index (χ3n) is 5.68. The van der Waals surface area contributed by atoms with Crippen LogP contribution < -0.4 is 15.8 Å². The first-order valence-electron chi connectivity index (χ1n) is 11.0. The average Bonchev–Trinajstić information content (AvgIpc) is 3.20. The molecule has 1 aliphatic heterocycles. The molecular weight excluding hydrogens is 448 g/mol. The highest BCUT2D eigenvalue weighted by atomic mass is 19.2. The molecule has 4 rings (SSSR count). The second kappa shape index (κ2) is 11.1. The molecule has 34 heavy (non-hydrogen) atoms. The topological polar surface area (TPSA) is 121 Å². The van der Waals surface area contributed by atoms with Crippen molar-refractivity contribution in [3.63, 3.8) is 0 Å². The zero-order valence-corrected chi connectivity index (χ0v) is 18.9. The molecule has 1 aliphatic carbocycles. The van der Waals surface area contributed by atoms with Crippen molar-refractivity contribution in [3.05, 3.63) is 53.9 Å². The number of carbonyl (C=O) groups is 3. The number of nitrogens with two attached hydrogens (primary N) is 1. The minimum Gasteiger partial charge on any atom is -0.487 e. The molecule has 2 amide bonds. The Morgan fingerprint density at radius 1 is 1.18 bits per heavy atom. The van der Waals surface area contributed by atoms with Gasteiger partial charge < -0.3 is 20.5 Å². The Morgan fingerprint density at radius 3 is 2.53 bits per heavy atom. The highest BCUT2D eigenvalue weighted by molar-refractivity contribution is 5.96. The minimum atomic E-state index is -0.964. The summed E-state index contributed by atoms with van der Waals surface area (Å²) >= 11 is 0. The number of ketones is 1. The summed E-state index contributed by atoms with van der Waals surface area (Å²) in [5, 5.41) is 2.69. The summed E-state index contributed by atoms with van der Waals surface area (Å²) in [6.07, 6.45) is 3.70. The van der Waals surface area contributed by atoms with Gasteiger partial charge in [-0.25, -0.2) is 4.39 Å². The zero-order chi connectivity index (χ0) is 24.8. The first-order valence-corrected chi connectivity index (χ1v) is 11.0. The van der Waals surface area contributed by atoms with Crippen LogP contribution in [0.15, 0.2) is 36.5 Å². The van der Waals surface area contributed by atoms with E-state index in [1.54, 1.807) is 6.07 Å². The van der Waals surface area contributed by atoms with Gasteiger partial charge >= 0.3 is 0 Å². The number of amides is 2. The normalized spacial score (nSPS) is 23.2. The van der Waals surface area contributed by atoms with Crippen LogP contribution in [0.1, 0.15) is 50.0 Å². The monoisotopic (exact) mass is 475 g/mol. The van der Waals surface area contributed by atoms with Gasteiger partial charge in [0, 0.05) is 17.8 Å². The second-order valence-corrected chi connectivity index (χ2v) is 8.37. The van der Waals surface area contributed by atoms with Gasteiger partial charge in [-0.05, 0) is 63.8 Å². The van der Waals surface area contributed by atoms with Crippen LogP contribution in [0.2, 0.25) is 0 Å². The second-order valence-electron chi connectivity index (χ2n) is 8.37. The quantitative estimate of drug-likeness (QED) is 0.661. The standard InChI is InChI=1S/C12H12F2O2.C12H15N3O3/c1-7(15)8-5-9(6-8)16-11-4-2-3-10(13)12(11)14;1-7-2-3-10(18-7)12(17)15-8-4-5-14-9(6-8)11(13)16/h2-4,8-9H,5-6H2,1H3;4-7,10H,2-3H2,1H3,(H2,13,16)(H,14,15,17). The van der Waals surface area contributed by atoms with Gasteiger partial charge in [0.05, 0.1) is 6.10 Å². The molecule has 1 aromatic heterocycles. The number of hydrogen-bond acceptors (Lipinski definition) is 6. The Morgan fingerprint density at radius 2 is 1.91 bits per heavy atom. The number of halogens is 2. The lowest BCUT2D eigenvalue weighted by atomic mass is 9.80. The number of nitrogens with one attached hydrogen (secondary N) is 1. The van der Waals surface area contributed by atoms with E-state index in [0.29, 0.717) is 24.9 Å². The Balaban J connectivity index is 0.000000192. The fourth-order valence-corrected chi connectivity index (χ4v) is 3.61. The maximum absolute atomic E-state index is 13.2. The van der Waals surface area contributed by atoms with Gasteiger partial charge in [-0.15, -0.1) is 0 Å². The largest absolute Gasteiger partial charge is 0.487 e. The van der Waals surface area contributed by atoms with E-state index < -0.39 is 23.6 Å². The van der Waals surface area contributed by atoms with Gasteiger partial charge in [0.15, 0.2) is 11.6 Å². The molecule has 3 N–H and O–H groups in total. The number of carbonyl (C=O) groups excluding carboxylic acids is 3. The van der Waals surface area contributed by atoms with Crippen molar-refractivity contribution in [1.29, 1.82) is 0 Å². The highest BCUT2D eigenvalue weighted by Gasteiger charge is 2.34. The van der Waals surface area contributed by atoms with E-state index in [1.807, 2.05) is 6.92 Å². The molecule has 2 heterocycles. The highest BCUT2D eigenvalue weighted by Crippen LogP contribution is 2.33. The lowest BCUT2D eigenvalue weighted by Crippen LogP contribution is -2.37. The Hall–Kier alpha value is -3.40. The molecule has 0 spiro atoms. The van der Waals surface area contributed by atoms with E-state index >= 15 is 0 Å². The molecule has 0 radical (unpaired) electrons. The predicted molar refractivity (Wildman–Crippen MR) is 119 cm³/mol. The number of aromatic nitrogens is 1. The van der Waals surface area contributed by atoms with E-state index in [1.165, 1.54) is 31.3 Å². The molecule has 1 saturated carbocycles. The van der Waals surface area contributed by atoms with Crippen LogP contribution in [0.25, 0.3) is 0 Å². The Kier molecular flexibility index (Phi) is 8.27. The summed E-state index contributed by atoms with van der Waals surface area (Å²) in [5.41, 5.74) is 5.73. The molecule has 2 aliphatic rings. The summed E-state index contributed by atoms with van der Waals surface area (Å²) < 4.78 is 36.8. The number of Topliss-reactive ketones (excluding diaryl/α,β-unsaturated/α-hetero) is 1. The molecule has 10 heteroatoms. The molecule has 2 fully saturated rings. The van der Waals surface area contributed by atoms with Crippen molar-refractivity contribution >= 4 is 23.3 Å². The first kappa shape index (κ1) is 25.2. The summed E-state index contributed by atoms with van der Waals surface area (Å²) in [7, 11) is 0. The van der Waals surface area contributed by atoms with Crippen molar-refractivity contribution in [2.75, 3.05) is 5.32 Å². The summed E-state index contributed by atoms with van der Waals surface area (Å²) in [6, 6.07) is 6.87. The van der Waals surface area contributed by atoms with E-state index in [4.69, 9.17) is 15.2 Å². The third kappa shape index (κ3) is 6.57. The van der Waals surface area contributed by atoms with Crippen LogP contribution in [0, 0.1) is 17.6 Å². The molecule has 2 atom stereocenters. The van der Waals surface area contributed by atoms with Gasteiger partial charge in [0.2, 0.25) is 5.82 Å². The van der Waals surface area contributed by atoms with Crippen LogP contribution in [0.4, 0.5) is 14.5 Å². The van der Waals surface area contributed by atoms with Crippen LogP contribution in [0.3, 0.4) is 0 Å². The van der Waals surface area contributed by atoms with Crippen LogP contribution in [0.5, 0.6) is 5.75 Å². The molecule has 2 aromatic rings. The molecule has 1 aromatic carbocycles. The number of anilines is 1. The molecule has 2 unspecified atom stereocenters. The third-order valence-corrected chi connectivity index (χ3v) is 5.68. The maximum Gasteiger partial charge on any atom is 0.267 e. The molecule has 182 valence electrons. The van der Waals surface area contributed by atoms with E-state index in [9.17, 15) is 23.2 Å². The number of ether oxygens (including phenoxy) is 2. The van der Waals surface area contributed by atoms with E-state index in [-0.39, 0.29) is 41.3 Å². The summed E-state index contributed by atoms with van der Waals surface area (Å²) in [4.78, 5) is 37.6. The number of nitrogens with zero attached hydrogens (tertiary/aromatic N) is 1. The maximum atomic E-state index is 13.2. The van der Waals surface area contributed by atoms with Gasteiger partial charge in [0.25, 0.3) is 11.8 Å². The summed E-state index contributed by atoms with van der Waals surface area (Å²) in [6.45, 7) is 3.47. The number of benzene rings is 1. The van der Waals surface area contributed by atoms with Crippen molar-refractivity contribution in [1.82, 2.24) is 4.98 Å². The molecule has 0 bridgehead atoms. The number of pyridine rings is 1. The van der Waals surface area contributed by atoms with Gasteiger partial charge in [-0.3, -0.25) is 19.4 Å². The Labute approximate surface area is 195 Å². The lowest BCUT2D eigenvalue weighted by molar-refractivity contribution is -0.126. The van der Waals surface area contributed by atoms with Gasteiger partial charge in [-0.1, -0.05) is 6.07 Å². The Bertz CT molecular complexity index is 1060.